The average Bonchev–Trinajstić information content (AvgIpc) is 3.35. The van der Waals surface area contributed by atoms with E-state index in [9.17, 15) is 4.79 Å². The van der Waals surface area contributed by atoms with Crippen molar-refractivity contribution in [2.45, 2.75) is 25.8 Å². The first-order valence-electron chi connectivity index (χ1n) is 7.76. The summed E-state index contributed by atoms with van der Waals surface area (Å²) in [5.74, 6) is 1.23. The van der Waals surface area contributed by atoms with Gasteiger partial charge in [-0.3, -0.25) is 4.79 Å². The van der Waals surface area contributed by atoms with Crippen LogP contribution in [-0.4, -0.2) is 49.0 Å². The van der Waals surface area contributed by atoms with Gasteiger partial charge in [-0.1, -0.05) is 10.4 Å². The quantitative estimate of drug-likeness (QED) is 0.721. The molecule has 1 amide bonds. The molecule has 24 heavy (non-hydrogen) atoms. The summed E-state index contributed by atoms with van der Waals surface area (Å²) in [5, 5.41) is 12.0. The maximum absolute atomic E-state index is 12.3. The van der Waals surface area contributed by atoms with Crippen molar-refractivity contribution in [1.82, 2.24) is 30.0 Å². The normalized spacial score (nSPS) is 15.8. The van der Waals surface area contributed by atoms with Crippen molar-refractivity contribution in [1.29, 1.82) is 0 Å². The van der Waals surface area contributed by atoms with E-state index in [1.54, 1.807) is 24.0 Å². The highest BCUT2D eigenvalue weighted by Crippen LogP contribution is 2.24. The molecular formula is C15H16N6O3. The monoisotopic (exact) mass is 328 g/mol. The second-order valence-corrected chi connectivity index (χ2v) is 5.73. The summed E-state index contributed by atoms with van der Waals surface area (Å²) < 4.78 is 12.1. The molecule has 3 aromatic rings. The van der Waals surface area contributed by atoms with E-state index in [-0.39, 0.29) is 11.9 Å². The molecule has 0 saturated carbocycles. The van der Waals surface area contributed by atoms with Gasteiger partial charge in [0.05, 0.1) is 18.5 Å². The number of aromatic nitrogens is 5. The molecular weight excluding hydrogens is 312 g/mol. The lowest BCUT2D eigenvalue weighted by Crippen LogP contribution is -2.39. The van der Waals surface area contributed by atoms with Gasteiger partial charge < -0.3 is 13.8 Å². The lowest BCUT2D eigenvalue weighted by atomic mass is 10.1. The minimum Gasteiger partial charge on any atom is -0.459 e. The second-order valence-electron chi connectivity index (χ2n) is 5.73. The molecule has 4 heterocycles. The van der Waals surface area contributed by atoms with Crippen LogP contribution in [0.1, 0.15) is 35.3 Å². The Labute approximate surface area is 137 Å². The van der Waals surface area contributed by atoms with E-state index in [1.807, 2.05) is 10.9 Å². The number of rotatable bonds is 3. The Morgan fingerprint density at radius 2 is 2.17 bits per heavy atom. The van der Waals surface area contributed by atoms with Crippen LogP contribution in [0.15, 0.2) is 33.5 Å². The van der Waals surface area contributed by atoms with Gasteiger partial charge in [0.15, 0.2) is 17.3 Å². The van der Waals surface area contributed by atoms with Crippen molar-refractivity contribution in [3.8, 4) is 11.6 Å². The predicted molar refractivity (Wildman–Crippen MR) is 80.9 cm³/mol. The largest absolute Gasteiger partial charge is 0.459 e. The van der Waals surface area contributed by atoms with Gasteiger partial charge in [0.1, 0.15) is 0 Å². The predicted octanol–water partition coefficient (Wildman–Crippen LogP) is 1.71. The first-order chi connectivity index (χ1) is 11.7. The Balaban J connectivity index is 1.41. The summed E-state index contributed by atoms with van der Waals surface area (Å²) in [5.41, 5.74) is 0.560. The summed E-state index contributed by atoms with van der Waals surface area (Å²) in [6.45, 7) is 3.06. The lowest BCUT2D eigenvalue weighted by Gasteiger charge is -2.31. The fourth-order valence-corrected chi connectivity index (χ4v) is 2.84. The fraction of sp³-hybridized carbons (Fsp3) is 0.400. The van der Waals surface area contributed by atoms with Gasteiger partial charge in [-0.2, -0.15) is 4.98 Å². The standard InChI is InChI=1S/C15H16N6O3/c1-10-16-14(24-18-10)12-9-21(19-17-12)11-4-6-20(7-5-11)15(22)13-3-2-8-23-13/h2-3,8-9,11H,4-7H2,1H3. The van der Waals surface area contributed by atoms with E-state index in [0.717, 1.165) is 12.8 Å². The molecule has 0 aromatic carbocycles. The lowest BCUT2D eigenvalue weighted by molar-refractivity contribution is 0.0657. The van der Waals surface area contributed by atoms with Crippen molar-refractivity contribution in [3.63, 3.8) is 0 Å². The summed E-state index contributed by atoms with van der Waals surface area (Å²) in [4.78, 5) is 18.2. The average molecular weight is 328 g/mol. The summed E-state index contributed by atoms with van der Waals surface area (Å²) >= 11 is 0. The molecule has 0 N–H and O–H groups in total. The van der Waals surface area contributed by atoms with Gasteiger partial charge in [0.2, 0.25) is 0 Å². The number of carbonyl (C=O) groups is 1. The molecule has 1 fully saturated rings. The molecule has 3 aromatic heterocycles. The van der Waals surface area contributed by atoms with Crippen LogP contribution in [0, 0.1) is 6.92 Å². The van der Waals surface area contributed by atoms with Crippen LogP contribution in [0.5, 0.6) is 0 Å². The number of nitrogens with zero attached hydrogens (tertiary/aromatic N) is 6. The SMILES string of the molecule is Cc1noc(-c2cn(C3CCN(C(=O)c4ccco4)CC3)nn2)n1. The van der Waals surface area contributed by atoms with Gasteiger partial charge in [-0.25, -0.2) is 4.68 Å². The van der Waals surface area contributed by atoms with E-state index in [4.69, 9.17) is 8.94 Å². The third-order valence-corrected chi connectivity index (χ3v) is 4.11. The van der Waals surface area contributed by atoms with Crippen molar-refractivity contribution in [2.75, 3.05) is 13.1 Å². The van der Waals surface area contributed by atoms with Crippen molar-refractivity contribution in [3.05, 3.63) is 36.2 Å². The van der Waals surface area contributed by atoms with E-state index in [1.165, 1.54) is 6.26 Å². The van der Waals surface area contributed by atoms with E-state index >= 15 is 0 Å². The van der Waals surface area contributed by atoms with Gasteiger partial charge in [0.25, 0.3) is 11.8 Å². The minimum atomic E-state index is -0.0703. The molecule has 0 radical (unpaired) electrons. The number of carbonyl (C=O) groups excluding carboxylic acids is 1. The number of amides is 1. The van der Waals surface area contributed by atoms with Gasteiger partial charge >= 0.3 is 0 Å². The van der Waals surface area contributed by atoms with E-state index in [2.05, 4.69) is 20.5 Å². The summed E-state index contributed by atoms with van der Waals surface area (Å²) in [7, 11) is 0. The number of piperidine rings is 1. The zero-order valence-corrected chi connectivity index (χ0v) is 13.1. The fourth-order valence-electron chi connectivity index (χ4n) is 2.84. The smallest absolute Gasteiger partial charge is 0.289 e. The highest BCUT2D eigenvalue weighted by atomic mass is 16.5. The molecule has 0 unspecified atom stereocenters. The third kappa shape index (κ3) is 2.68. The molecule has 124 valence electrons. The van der Waals surface area contributed by atoms with Gasteiger partial charge in [-0.15, -0.1) is 5.10 Å². The first-order valence-corrected chi connectivity index (χ1v) is 7.76. The molecule has 0 atom stereocenters. The van der Waals surface area contributed by atoms with Crippen molar-refractivity contribution >= 4 is 5.91 Å². The number of hydrogen-bond acceptors (Lipinski definition) is 7. The van der Waals surface area contributed by atoms with Crippen LogP contribution in [0.2, 0.25) is 0 Å². The van der Waals surface area contributed by atoms with Crippen LogP contribution < -0.4 is 0 Å². The Morgan fingerprint density at radius 3 is 2.83 bits per heavy atom. The number of hydrogen-bond donors (Lipinski definition) is 0. The second kappa shape index (κ2) is 5.91. The maximum atomic E-state index is 12.3. The van der Waals surface area contributed by atoms with Crippen molar-refractivity contribution < 1.29 is 13.7 Å². The Kier molecular flexibility index (Phi) is 3.60. The van der Waals surface area contributed by atoms with Crippen LogP contribution in [0.25, 0.3) is 11.6 Å². The Morgan fingerprint density at radius 1 is 1.33 bits per heavy atom. The van der Waals surface area contributed by atoms with Crippen molar-refractivity contribution in [2.24, 2.45) is 0 Å². The molecule has 9 heteroatoms. The molecule has 1 saturated heterocycles. The number of aryl methyl sites for hydroxylation is 1. The highest BCUT2D eigenvalue weighted by Gasteiger charge is 2.27. The Hall–Kier alpha value is -2.97. The third-order valence-electron chi connectivity index (χ3n) is 4.11. The molecule has 4 rings (SSSR count). The Bertz CT molecular complexity index is 829. The molecule has 0 bridgehead atoms. The van der Waals surface area contributed by atoms with Gasteiger partial charge in [0, 0.05) is 13.1 Å². The van der Waals surface area contributed by atoms with E-state index < -0.39 is 0 Å². The maximum Gasteiger partial charge on any atom is 0.289 e. The zero-order chi connectivity index (χ0) is 16.5. The molecule has 1 aliphatic heterocycles. The van der Waals surface area contributed by atoms with Crippen LogP contribution in [0.4, 0.5) is 0 Å². The minimum absolute atomic E-state index is 0.0703. The van der Waals surface area contributed by atoms with Crippen LogP contribution in [-0.2, 0) is 0 Å². The zero-order valence-electron chi connectivity index (χ0n) is 13.1. The summed E-state index contributed by atoms with van der Waals surface area (Å²) in [6.07, 6.45) is 4.92. The van der Waals surface area contributed by atoms with E-state index in [0.29, 0.717) is 36.3 Å². The van der Waals surface area contributed by atoms with Crippen LogP contribution in [0.3, 0.4) is 0 Å². The molecule has 9 nitrogen and oxygen atoms in total. The summed E-state index contributed by atoms with van der Waals surface area (Å²) in [6, 6.07) is 3.59. The molecule has 0 aliphatic carbocycles. The van der Waals surface area contributed by atoms with Crippen LogP contribution >= 0.6 is 0 Å². The highest BCUT2D eigenvalue weighted by molar-refractivity contribution is 5.91. The topological polar surface area (TPSA) is 103 Å². The molecule has 1 aliphatic rings. The first kappa shape index (κ1) is 14.6. The van der Waals surface area contributed by atoms with Gasteiger partial charge in [-0.05, 0) is 31.9 Å². The molecule has 0 spiro atoms. The number of likely N-dealkylation sites (tertiary alicyclic amines) is 1. The number of furan rings is 1.